The van der Waals surface area contributed by atoms with Crippen molar-refractivity contribution in [3.63, 3.8) is 0 Å². The van der Waals surface area contributed by atoms with Crippen LogP contribution in [0.25, 0.3) is 0 Å². The number of carbonyl (C=O) groups excluding carboxylic acids is 2. The van der Waals surface area contributed by atoms with E-state index in [0.29, 0.717) is 12.3 Å². The molecule has 4 nitrogen and oxygen atoms in total. The molecule has 0 rings (SSSR count). The van der Waals surface area contributed by atoms with Gasteiger partial charge in [0.2, 0.25) is 5.91 Å². The standard InChI is InChI=1S/C8H15NO3S/c1-7(11)6-8(12)9-2-4-13-5-3-10/h10H,2-6H2,1H3,(H,9,12). The maximum Gasteiger partial charge on any atom is 0.227 e. The number of rotatable bonds is 7. The molecule has 0 saturated heterocycles. The Kier molecular flexibility index (Phi) is 7.73. The molecule has 0 aliphatic heterocycles. The first-order chi connectivity index (χ1) is 6.16. The van der Waals surface area contributed by atoms with Gasteiger partial charge in [0.15, 0.2) is 0 Å². The Bertz CT molecular complexity index is 173. The number of hydrogen-bond acceptors (Lipinski definition) is 4. The molecule has 0 radical (unpaired) electrons. The van der Waals surface area contributed by atoms with E-state index in [1.165, 1.54) is 6.92 Å². The summed E-state index contributed by atoms with van der Waals surface area (Å²) in [4.78, 5) is 21.4. The van der Waals surface area contributed by atoms with Crippen molar-refractivity contribution in [2.75, 3.05) is 24.7 Å². The molecule has 0 aliphatic rings. The Morgan fingerprint density at radius 2 is 2.08 bits per heavy atom. The lowest BCUT2D eigenvalue weighted by molar-refractivity contribution is -0.127. The normalized spacial score (nSPS) is 9.69. The Balaban J connectivity index is 3.22. The van der Waals surface area contributed by atoms with E-state index in [9.17, 15) is 9.59 Å². The highest BCUT2D eigenvalue weighted by atomic mass is 32.2. The average Bonchev–Trinajstić information content (AvgIpc) is 2.02. The van der Waals surface area contributed by atoms with Crippen LogP contribution in [0.2, 0.25) is 0 Å². The molecule has 2 N–H and O–H groups in total. The average molecular weight is 205 g/mol. The summed E-state index contributed by atoms with van der Waals surface area (Å²) in [5.41, 5.74) is 0. The lowest BCUT2D eigenvalue weighted by atomic mass is 10.3. The van der Waals surface area contributed by atoms with Crippen molar-refractivity contribution in [2.45, 2.75) is 13.3 Å². The maximum atomic E-state index is 10.9. The summed E-state index contributed by atoms with van der Waals surface area (Å²) in [6.07, 6.45) is -0.0370. The molecule has 0 aromatic carbocycles. The summed E-state index contributed by atoms with van der Waals surface area (Å²) < 4.78 is 0. The predicted octanol–water partition coefficient (Wildman–Crippen LogP) is -0.193. The smallest absolute Gasteiger partial charge is 0.227 e. The topological polar surface area (TPSA) is 66.4 Å². The monoisotopic (exact) mass is 205 g/mol. The fourth-order valence-corrected chi connectivity index (χ4v) is 1.30. The first kappa shape index (κ1) is 12.4. The molecule has 0 heterocycles. The molecule has 0 atom stereocenters. The highest BCUT2D eigenvalue weighted by Crippen LogP contribution is 1.95. The van der Waals surface area contributed by atoms with E-state index in [4.69, 9.17) is 5.11 Å². The van der Waals surface area contributed by atoms with Gasteiger partial charge in [0.1, 0.15) is 5.78 Å². The van der Waals surface area contributed by atoms with E-state index in [1.54, 1.807) is 11.8 Å². The highest BCUT2D eigenvalue weighted by molar-refractivity contribution is 7.99. The zero-order valence-electron chi connectivity index (χ0n) is 7.71. The van der Waals surface area contributed by atoms with Crippen molar-refractivity contribution in [3.05, 3.63) is 0 Å². The fraction of sp³-hybridized carbons (Fsp3) is 0.750. The number of ketones is 1. The van der Waals surface area contributed by atoms with Crippen molar-refractivity contribution >= 4 is 23.5 Å². The molecule has 0 bridgehead atoms. The van der Waals surface area contributed by atoms with E-state index in [2.05, 4.69) is 5.32 Å². The molecule has 1 amide bonds. The molecule has 0 aliphatic carbocycles. The molecule has 0 saturated carbocycles. The molecule has 5 heteroatoms. The van der Waals surface area contributed by atoms with Crippen LogP contribution in [0.15, 0.2) is 0 Å². The summed E-state index contributed by atoms with van der Waals surface area (Å²) >= 11 is 1.56. The van der Waals surface area contributed by atoms with Gasteiger partial charge in [-0.15, -0.1) is 0 Å². The van der Waals surface area contributed by atoms with Gasteiger partial charge in [0, 0.05) is 18.1 Å². The minimum atomic E-state index is -0.225. The van der Waals surface area contributed by atoms with Crippen molar-refractivity contribution < 1.29 is 14.7 Å². The van der Waals surface area contributed by atoms with Crippen LogP contribution in [0, 0.1) is 0 Å². The highest BCUT2D eigenvalue weighted by Gasteiger charge is 2.02. The van der Waals surface area contributed by atoms with Gasteiger partial charge in [-0.3, -0.25) is 9.59 Å². The van der Waals surface area contributed by atoms with Gasteiger partial charge in [-0.2, -0.15) is 11.8 Å². The van der Waals surface area contributed by atoms with E-state index in [-0.39, 0.29) is 24.7 Å². The summed E-state index contributed by atoms with van der Waals surface area (Å²) in [5.74, 6) is 1.10. The third kappa shape index (κ3) is 9.36. The van der Waals surface area contributed by atoms with Gasteiger partial charge < -0.3 is 10.4 Å². The van der Waals surface area contributed by atoms with Gasteiger partial charge >= 0.3 is 0 Å². The largest absolute Gasteiger partial charge is 0.396 e. The number of hydrogen-bond donors (Lipinski definition) is 2. The lowest BCUT2D eigenvalue weighted by Gasteiger charge is -2.02. The van der Waals surface area contributed by atoms with Crippen LogP contribution in [-0.2, 0) is 9.59 Å². The van der Waals surface area contributed by atoms with Crippen molar-refractivity contribution in [1.29, 1.82) is 0 Å². The Morgan fingerprint density at radius 3 is 2.62 bits per heavy atom. The van der Waals surface area contributed by atoms with Crippen LogP contribution < -0.4 is 5.32 Å². The van der Waals surface area contributed by atoms with Gasteiger partial charge in [-0.1, -0.05) is 0 Å². The van der Waals surface area contributed by atoms with E-state index >= 15 is 0 Å². The number of thioether (sulfide) groups is 1. The first-order valence-electron chi connectivity index (χ1n) is 4.11. The van der Waals surface area contributed by atoms with Gasteiger partial charge in [-0.05, 0) is 6.92 Å². The van der Waals surface area contributed by atoms with Crippen LogP contribution in [0.4, 0.5) is 0 Å². The van der Waals surface area contributed by atoms with E-state index < -0.39 is 0 Å². The quantitative estimate of drug-likeness (QED) is 0.446. The van der Waals surface area contributed by atoms with Crippen LogP contribution in [-0.4, -0.2) is 41.5 Å². The van der Waals surface area contributed by atoms with E-state index in [1.807, 2.05) is 0 Å². The number of nitrogens with one attached hydrogen (secondary N) is 1. The molecule has 13 heavy (non-hydrogen) atoms. The van der Waals surface area contributed by atoms with Crippen LogP contribution >= 0.6 is 11.8 Å². The third-order valence-electron chi connectivity index (χ3n) is 1.21. The molecule has 0 fully saturated rings. The zero-order chi connectivity index (χ0) is 10.1. The number of carbonyl (C=O) groups is 2. The van der Waals surface area contributed by atoms with E-state index in [0.717, 1.165) is 5.75 Å². The molecular formula is C8H15NO3S. The maximum absolute atomic E-state index is 10.9. The first-order valence-corrected chi connectivity index (χ1v) is 5.27. The number of aliphatic hydroxyl groups excluding tert-OH is 1. The molecule has 76 valence electrons. The van der Waals surface area contributed by atoms with Gasteiger partial charge in [0.05, 0.1) is 13.0 Å². The minimum Gasteiger partial charge on any atom is -0.396 e. The number of Topliss-reactive ketones (excluding diaryl/α,β-unsaturated/α-hetero) is 1. The minimum absolute atomic E-state index is 0.0370. The zero-order valence-corrected chi connectivity index (χ0v) is 8.52. The SMILES string of the molecule is CC(=O)CC(=O)NCCSCCO. The van der Waals surface area contributed by atoms with Crippen LogP contribution in [0.3, 0.4) is 0 Å². The Labute approximate surface area is 82.1 Å². The van der Waals surface area contributed by atoms with Crippen molar-refractivity contribution in [2.24, 2.45) is 0 Å². The van der Waals surface area contributed by atoms with Crippen LogP contribution in [0.1, 0.15) is 13.3 Å². The molecular weight excluding hydrogens is 190 g/mol. The number of amides is 1. The van der Waals surface area contributed by atoms with Gasteiger partial charge in [-0.25, -0.2) is 0 Å². The van der Waals surface area contributed by atoms with Crippen molar-refractivity contribution in [3.8, 4) is 0 Å². The summed E-state index contributed by atoms with van der Waals surface area (Å²) in [5, 5.41) is 11.1. The second-order valence-electron chi connectivity index (χ2n) is 2.56. The predicted molar refractivity (Wildman–Crippen MR) is 52.7 cm³/mol. The molecule has 0 unspecified atom stereocenters. The molecule has 0 spiro atoms. The summed E-state index contributed by atoms with van der Waals surface area (Å²) in [6, 6.07) is 0. The van der Waals surface area contributed by atoms with Crippen LogP contribution in [0.5, 0.6) is 0 Å². The molecule has 0 aromatic heterocycles. The summed E-state index contributed by atoms with van der Waals surface area (Å²) in [7, 11) is 0. The number of aliphatic hydroxyl groups is 1. The fourth-order valence-electron chi connectivity index (χ4n) is 0.718. The second kappa shape index (κ2) is 8.07. The third-order valence-corrected chi connectivity index (χ3v) is 2.18. The Hall–Kier alpha value is -0.550. The Morgan fingerprint density at radius 1 is 1.38 bits per heavy atom. The lowest BCUT2D eigenvalue weighted by Crippen LogP contribution is -2.27. The van der Waals surface area contributed by atoms with Crippen molar-refractivity contribution in [1.82, 2.24) is 5.32 Å². The second-order valence-corrected chi connectivity index (χ2v) is 3.79. The summed E-state index contributed by atoms with van der Waals surface area (Å²) in [6.45, 7) is 2.10. The molecule has 0 aromatic rings. The van der Waals surface area contributed by atoms with Gasteiger partial charge in [0.25, 0.3) is 0 Å².